The van der Waals surface area contributed by atoms with Gasteiger partial charge in [0.25, 0.3) is 5.91 Å². The first-order chi connectivity index (χ1) is 18.3. The smallest absolute Gasteiger partial charge is 0.326 e. The van der Waals surface area contributed by atoms with E-state index in [1.54, 1.807) is 31.5 Å². The Bertz CT molecular complexity index is 1420. The Kier molecular flexibility index (Phi) is 8.70. The number of amides is 2. The second-order valence-electron chi connectivity index (χ2n) is 8.45. The van der Waals surface area contributed by atoms with Crippen LogP contribution in [0.4, 0.5) is 0 Å². The molecular weight excluding hydrogens is 526 g/mol. The molecule has 9 nitrogen and oxygen atoms in total. The number of thiocarbonyl (C=S) groups is 1. The molecule has 0 saturated carbocycles. The lowest BCUT2D eigenvalue weighted by Gasteiger charge is -2.17. The Hall–Kier alpha value is -3.83. The number of aromatic amines is 1. The summed E-state index contributed by atoms with van der Waals surface area (Å²) in [5.41, 5.74) is 2.43. The largest absolute Gasteiger partial charge is 0.493 e. The van der Waals surface area contributed by atoms with E-state index in [9.17, 15) is 19.5 Å². The highest BCUT2D eigenvalue weighted by Gasteiger charge is 2.32. The predicted octanol–water partition coefficient (Wildman–Crippen LogP) is 3.98. The molecular formula is C27H27N3O6S2. The molecule has 3 N–H and O–H groups in total. The van der Waals surface area contributed by atoms with Crippen molar-refractivity contribution in [2.45, 2.75) is 25.8 Å². The SMILES string of the molecule is CCOc1ccc(/C=C2/SC(=S)N(CCC(=O)N[C@H](Cc3c[nH]c4ccccc34)C(=O)O)C2=O)cc1OC. The highest BCUT2D eigenvalue weighted by molar-refractivity contribution is 8.26. The summed E-state index contributed by atoms with van der Waals surface area (Å²) in [5.74, 6) is -0.771. The van der Waals surface area contributed by atoms with Gasteiger partial charge >= 0.3 is 5.97 Å². The minimum Gasteiger partial charge on any atom is -0.493 e. The summed E-state index contributed by atoms with van der Waals surface area (Å²) in [4.78, 5) is 42.4. The molecule has 0 bridgehead atoms. The number of ether oxygens (including phenoxy) is 2. The van der Waals surface area contributed by atoms with Crippen molar-refractivity contribution in [3.8, 4) is 11.5 Å². The van der Waals surface area contributed by atoms with E-state index >= 15 is 0 Å². The van der Waals surface area contributed by atoms with E-state index in [2.05, 4.69) is 10.3 Å². The molecule has 0 radical (unpaired) electrons. The van der Waals surface area contributed by atoms with Gasteiger partial charge in [-0.3, -0.25) is 14.5 Å². The Morgan fingerprint density at radius 1 is 1.24 bits per heavy atom. The number of hydrogen-bond acceptors (Lipinski definition) is 7. The Morgan fingerprint density at radius 3 is 2.76 bits per heavy atom. The number of carboxylic acid groups (broad SMARTS) is 1. The van der Waals surface area contributed by atoms with Crippen molar-refractivity contribution >= 4 is 63.1 Å². The number of fused-ring (bicyclic) bond motifs is 1. The molecule has 2 amide bonds. The van der Waals surface area contributed by atoms with Crippen LogP contribution in [0.3, 0.4) is 0 Å². The number of rotatable bonds is 11. The molecule has 0 aliphatic carbocycles. The maximum atomic E-state index is 13.0. The molecule has 1 aliphatic rings. The lowest BCUT2D eigenvalue weighted by Crippen LogP contribution is -2.43. The van der Waals surface area contributed by atoms with Gasteiger partial charge in [-0.25, -0.2) is 4.79 Å². The Morgan fingerprint density at radius 2 is 2.03 bits per heavy atom. The molecule has 1 atom stereocenters. The van der Waals surface area contributed by atoms with Gasteiger partial charge in [-0.1, -0.05) is 48.2 Å². The number of aromatic nitrogens is 1. The second kappa shape index (κ2) is 12.1. The summed E-state index contributed by atoms with van der Waals surface area (Å²) in [6.07, 6.45) is 3.49. The lowest BCUT2D eigenvalue weighted by molar-refractivity contribution is -0.141. The molecule has 4 rings (SSSR count). The maximum absolute atomic E-state index is 13.0. The molecule has 11 heteroatoms. The van der Waals surface area contributed by atoms with Crippen molar-refractivity contribution < 1.29 is 29.0 Å². The van der Waals surface area contributed by atoms with E-state index in [4.69, 9.17) is 21.7 Å². The lowest BCUT2D eigenvalue weighted by atomic mass is 10.0. The van der Waals surface area contributed by atoms with Crippen molar-refractivity contribution in [3.05, 3.63) is 64.7 Å². The number of carbonyl (C=O) groups excluding carboxylic acids is 2. The fourth-order valence-corrected chi connectivity index (χ4v) is 5.40. The number of thioether (sulfide) groups is 1. The van der Waals surface area contributed by atoms with Crippen molar-refractivity contribution in [1.82, 2.24) is 15.2 Å². The number of nitrogens with one attached hydrogen (secondary N) is 2. The van der Waals surface area contributed by atoms with Gasteiger partial charge in [0, 0.05) is 36.5 Å². The van der Waals surface area contributed by atoms with Crippen molar-refractivity contribution in [3.63, 3.8) is 0 Å². The minimum absolute atomic E-state index is 0.0415. The zero-order valence-electron chi connectivity index (χ0n) is 20.9. The molecule has 2 aromatic carbocycles. The minimum atomic E-state index is -1.14. The summed E-state index contributed by atoms with van der Waals surface area (Å²) in [6, 6.07) is 11.8. The van der Waals surface area contributed by atoms with Crippen LogP contribution >= 0.6 is 24.0 Å². The molecule has 0 spiro atoms. The van der Waals surface area contributed by atoms with Gasteiger partial charge in [-0.15, -0.1) is 0 Å². The van der Waals surface area contributed by atoms with E-state index in [1.807, 2.05) is 37.3 Å². The van der Waals surface area contributed by atoms with Crippen LogP contribution in [-0.4, -0.2) is 63.4 Å². The fourth-order valence-electron chi connectivity index (χ4n) is 4.09. The van der Waals surface area contributed by atoms with E-state index in [-0.39, 0.29) is 25.3 Å². The molecule has 1 fully saturated rings. The van der Waals surface area contributed by atoms with Gasteiger partial charge in [-0.2, -0.15) is 0 Å². The van der Waals surface area contributed by atoms with E-state index in [1.165, 1.54) is 4.90 Å². The Balaban J connectivity index is 1.37. The van der Waals surface area contributed by atoms with Crippen molar-refractivity contribution in [1.29, 1.82) is 0 Å². The number of carbonyl (C=O) groups is 3. The first-order valence-electron chi connectivity index (χ1n) is 11.9. The molecule has 198 valence electrons. The van der Waals surface area contributed by atoms with Gasteiger partial charge in [0.1, 0.15) is 10.4 Å². The summed E-state index contributed by atoms with van der Waals surface area (Å²) in [7, 11) is 1.54. The third-order valence-corrected chi connectivity index (χ3v) is 7.33. The normalized spacial score (nSPS) is 15.2. The quantitative estimate of drug-likeness (QED) is 0.241. The van der Waals surface area contributed by atoms with Crippen LogP contribution in [0.15, 0.2) is 53.6 Å². The number of aliphatic carboxylic acids is 1. The number of carboxylic acids is 1. The van der Waals surface area contributed by atoms with Crippen LogP contribution < -0.4 is 14.8 Å². The maximum Gasteiger partial charge on any atom is 0.326 e. The number of nitrogens with zero attached hydrogens (tertiary/aromatic N) is 1. The van der Waals surface area contributed by atoms with Crippen LogP contribution in [0.25, 0.3) is 17.0 Å². The summed E-state index contributed by atoms with van der Waals surface area (Å²) in [6.45, 7) is 2.42. The highest BCUT2D eigenvalue weighted by Crippen LogP contribution is 2.35. The van der Waals surface area contributed by atoms with Gasteiger partial charge < -0.3 is 24.9 Å². The van der Waals surface area contributed by atoms with Crippen LogP contribution in [0.1, 0.15) is 24.5 Å². The van der Waals surface area contributed by atoms with Crippen molar-refractivity contribution in [2.75, 3.05) is 20.3 Å². The number of methoxy groups -OCH3 is 1. The third-order valence-electron chi connectivity index (χ3n) is 5.95. The van der Waals surface area contributed by atoms with E-state index in [0.717, 1.165) is 33.8 Å². The van der Waals surface area contributed by atoms with E-state index in [0.29, 0.717) is 27.3 Å². The first-order valence-corrected chi connectivity index (χ1v) is 13.2. The second-order valence-corrected chi connectivity index (χ2v) is 10.1. The summed E-state index contributed by atoms with van der Waals surface area (Å²) >= 11 is 6.52. The zero-order chi connectivity index (χ0) is 27.2. The fraction of sp³-hybridized carbons (Fsp3) is 0.259. The zero-order valence-corrected chi connectivity index (χ0v) is 22.5. The summed E-state index contributed by atoms with van der Waals surface area (Å²) in [5, 5.41) is 13.2. The molecule has 3 aromatic rings. The third kappa shape index (κ3) is 6.17. The number of para-hydroxylation sites is 1. The molecule has 1 aliphatic heterocycles. The summed E-state index contributed by atoms with van der Waals surface area (Å²) < 4.78 is 11.2. The van der Waals surface area contributed by atoms with Gasteiger partial charge in [-0.05, 0) is 42.3 Å². The van der Waals surface area contributed by atoms with Crippen LogP contribution in [0, 0.1) is 0 Å². The molecule has 0 unspecified atom stereocenters. The predicted molar refractivity (Wildman–Crippen MR) is 150 cm³/mol. The van der Waals surface area contributed by atoms with E-state index < -0.39 is 17.9 Å². The number of H-pyrrole nitrogens is 1. The van der Waals surface area contributed by atoms with Gasteiger partial charge in [0.05, 0.1) is 18.6 Å². The Labute approximate surface area is 229 Å². The van der Waals surface area contributed by atoms with Crippen LogP contribution in [0.2, 0.25) is 0 Å². The van der Waals surface area contributed by atoms with Crippen molar-refractivity contribution in [2.24, 2.45) is 0 Å². The first kappa shape index (κ1) is 27.2. The standard InChI is InChI=1S/C27H27N3O6S2/c1-3-36-21-9-8-16(12-22(21)35-2)13-23-25(32)30(27(37)38-23)11-10-24(31)29-20(26(33)34)14-17-15-28-19-7-5-4-6-18(17)19/h4-9,12-13,15,20,28H,3,10-11,14H2,1-2H3,(H,29,31)(H,33,34)/b23-13+/t20-/m1/s1. The van der Waals surface area contributed by atoms with Crippen LogP contribution in [-0.2, 0) is 20.8 Å². The monoisotopic (exact) mass is 553 g/mol. The van der Waals surface area contributed by atoms with Gasteiger partial charge in [0.15, 0.2) is 11.5 Å². The average Bonchev–Trinajstić information content (AvgIpc) is 3.43. The topological polar surface area (TPSA) is 121 Å². The van der Waals surface area contributed by atoms with Crippen LogP contribution in [0.5, 0.6) is 11.5 Å². The number of hydrogen-bond donors (Lipinski definition) is 3. The highest BCUT2D eigenvalue weighted by atomic mass is 32.2. The molecule has 38 heavy (non-hydrogen) atoms. The average molecular weight is 554 g/mol. The molecule has 1 saturated heterocycles. The molecule has 1 aromatic heterocycles. The number of benzene rings is 2. The molecule has 2 heterocycles. The van der Waals surface area contributed by atoms with Gasteiger partial charge in [0.2, 0.25) is 5.91 Å².